The second kappa shape index (κ2) is 4.87. The highest BCUT2D eigenvalue weighted by atomic mass is 16.7. The lowest BCUT2D eigenvalue weighted by molar-refractivity contribution is -0.137. The van der Waals surface area contributed by atoms with Crippen molar-refractivity contribution >= 4 is 0 Å². The maximum Gasteiger partial charge on any atom is 0.163 e. The van der Waals surface area contributed by atoms with Crippen molar-refractivity contribution in [2.24, 2.45) is 5.73 Å². The van der Waals surface area contributed by atoms with Gasteiger partial charge in [-0.1, -0.05) is 24.3 Å². The van der Waals surface area contributed by atoms with E-state index in [9.17, 15) is 0 Å². The third-order valence-corrected chi connectivity index (χ3v) is 3.92. The topological polar surface area (TPSA) is 56.5 Å². The summed E-state index contributed by atoms with van der Waals surface area (Å²) in [6, 6.07) is 8.89. The van der Waals surface area contributed by atoms with Crippen LogP contribution in [0.1, 0.15) is 43.5 Å². The second-order valence-electron chi connectivity index (χ2n) is 5.88. The summed E-state index contributed by atoms with van der Waals surface area (Å²) in [5.41, 5.74) is 8.76. The van der Waals surface area contributed by atoms with Gasteiger partial charge in [-0.25, -0.2) is 0 Å². The highest BCUT2D eigenvalue weighted by Crippen LogP contribution is 2.37. The molecule has 104 valence electrons. The Balaban J connectivity index is 1.60. The molecule has 2 aliphatic rings. The number of nitrogens with one attached hydrogen (secondary N) is 1. The fraction of sp³-hybridized carbons (Fsp3) is 0.600. The minimum atomic E-state index is -0.448. The van der Waals surface area contributed by atoms with Gasteiger partial charge in [0.05, 0.1) is 12.7 Å². The van der Waals surface area contributed by atoms with Crippen molar-refractivity contribution < 1.29 is 9.47 Å². The summed E-state index contributed by atoms with van der Waals surface area (Å²) in [4.78, 5) is 0. The van der Waals surface area contributed by atoms with Crippen molar-refractivity contribution in [3.63, 3.8) is 0 Å². The van der Waals surface area contributed by atoms with E-state index in [0.717, 1.165) is 13.0 Å². The van der Waals surface area contributed by atoms with Gasteiger partial charge in [-0.15, -0.1) is 0 Å². The molecule has 3 rings (SSSR count). The molecule has 0 saturated carbocycles. The molecule has 3 N–H and O–H groups in total. The van der Waals surface area contributed by atoms with Crippen LogP contribution in [-0.2, 0) is 9.47 Å². The highest BCUT2D eigenvalue weighted by molar-refractivity contribution is 5.37. The van der Waals surface area contributed by atoms with Crippen molar-refractivity contribution in [2.45, 2.75) is 44.2 Å². The normalized spacial score (nSPS) is 32.5. The largest absolute Gasteiger partial charge is 0.348 e. The molecular weight excluding hydrogens is 240 g/mol. The first-order valence-corrected chi connectivity index (χ1v) is 6.95. The van der Waals surface area contributed by atoms with E-state index in [-0.39, 0.29) is 12.1 Å². The predicted molar refractivity (Wildman–Crippen MR) is 73.6 cm³/mol. The van der Waals surface area contributed by atoms with Crippen LogP contribution in [0, 0.1) is 0 Å². The molecule has 0 radical (unpaired) electrons. The number of ether oxygens (including phenoxy) is 2. The molecule has 1 heterocycles. The minimum Gasteiger partial charge on any atom is -0.348 e. The van der Waals surface area contributed by atoms with E-state index in [1.807, 2.05) is 13.8 Å². The van der Waals surface area contributed by atoms with Gasteiger partial charge in [0, 0.05) is 18.6 Å². The summed E-state index contributed by atoms with van der Waals surface area (Å²) in [6.45, 7) is 5.36. The van der Waals surface area contributed by atoms with E-state index >= 15 is 0 Å². The van der Waals surface area contributed by atoms with Crippen LogP contribution in [0.5, 0.6) is 0 Å². The summed E-state index contributed by atoms with van der Waals surface area (Å²) in [6.07, 6.45) is 1.08. The molecule has 4 heteroatoms. The van der Waals surface area contributed by atoms with E-state index in [1.54, 1.807) is 0 Å². The van der Waals surface area contributed by atoms with Crippen LogP contribution in [0.15, 0.2) is 24.3 Å². The monoisotopic (exact) mass is 262 g/mol. The Kier molecular flexibility index (Phi) is 3.35. The summed E-state index contributed by atoms with van der Waals surface area (Å²) in [7, 11) is 0. The van der Waals surface area contributed by atoms with Crippen molar-refractivity contribution in [3.8, 4) is 0 Å². The maximum absolute atomic E-state index is 6.17. The van der Waals surface area contributed by atoms with Gasteiger partial charge < -0.3 is 20.5 Å². The van der Waals surface area contributed by atoms with Gasteiger partial charge in [-0.05, 0) is 31.4 Å². The Morgan fingerprint density at radius 3 is 2.74 bits per heavy atom. The van der Waals surface area contributed by atoms with Crippen LogP contribution in [-0.4, -0.2) is 25.0 Å². The van der Waals surface area contributed by atoms with Crippen molar-refractivity contribution in [2.75, 3.05) is 13.2 Å². The summed E-state index contributed by atoms with van der Waals surface area (Å²) < 4.78 is 11.4. The second-order valence-corrected chi connectivity index (χ2v) is 5.88. The van der Waals surface area contributed by atoms with Crippen LogP contribution in [0.25, 0.3) is 0 Å². The van der Waals surface area contributed by atoms with Crippen molar-refractivity contribution in [1.29, 1.82) is 0 Å². The molecule has 1 aromatic rings. The third kappa shape index (κ3) is 2.67. The summed E-state index contributed by atoms with van der Waals surface area (Å²) in [5.74, 6) is -0.448. The van der Waals surface area contributed by atoms with E-state index in [2.05, 4.69) is 29.6 Å². The van der Waals surface area contributed by atoms with Crippen LogP contribution in [0.4, 0.5) is 0 Å². The van der Waals surface area contributed by atoms with Gasteiger partial charge in [0.25, 0.3) is 0 Å². The number of hydrogen-bond acceptors (Lipinski definition) is 4. The van der Waals surface area contributed by atoms with Gasteiger partial charge in [-0.3, -0.25) is 0 Å². The summed E-state index contributed by atoms with van der Waals surface area (Å²) in [5, 5.41) is 3.56. The Morgan fingerprint density at radius 2 is 2.05 bits per heavy atom. The van der Waals surface area contributed by atoms with E-state index in [4.69, 9.17) is 15.2 Å². The maximum atomic E-state index is 6.17. The predicted octanol–water partition coefficient (Wildman–Crippen LogP) is 1.87. The fourth-order valence-electron chi connectivity index (χ4n) is 3.00. The molecule has 4 nitrogen and oxygen atoms in total. The van der Waals surface area contributed by atoms with Crippen molar-refractivity contribution in [3.05, 3.63) is 35.4 Å². The van der Waals surface area contributed by atoms with E-state index < -0.39 is 5.79 Å². The zero-order chi connectivity index (χ0) is 13.5. The molecule has 19 heavy (non-hydrogen) atoms. The molecule has 0 aromatic heterocycles. The molecule has 3 unspecified atom stereocenters. The van der Waals surface area contributed by atoms with Crippen LogP contribution >= 0.6 is 0 Å². The molecule has 0 spiro atoms. The molecule has 0 bridgehead atoms. The standard InChI is InChI=1S/C15H22N2O2/c1-15(2)18-9-10(19-15)8-17-14-7-13(16)11-5-3-4-6-12(11)14/h3-6,10,13-14,17H,7-9,16H2,1-2H3. The van der Waals surface area contributed by atoms with Gasteiger partial charge in [0.1, 0.15) is 0 Å². The number of fused-ring (bicyclic) bond motifs is 1. The van der Waals surface area contributed by atoms with E-state index in [1.165, 1.54) is 11.1 Å². The lowest BCUT2D eigenvalue weighted by atomic mass is 10.1. The molecule has 1 aliphatic heterocycles. The number of nitrogens with two attached hydrogens (primary N) is 1. The molecular formula is C15H22N2O2. The summed E-state index contributed by atoms with van der Waals surface area (Å²) >= 11 is 0. The number of benzene rings is 1. The highest BCUT2D eigenvalue weighted by Gasteiger charge is 2.34. The average Bonchev–Trinajstić information content (AvgIpc) is 2.88. The Labute approximate surface area is 114 Å². The molecule has 1 aromatic carbocycles. The Morgan fingerprint density at radius 1 is 1.32 bits per heavy atom. The van der Waals surface area contributed by atoms with Crippen LogP contribution in [0.3, 0.4) is 0 Å². The van der Waals surface area contributed by atoms with Crippen LogP contribution < -0.4 is 11.1 Å². The fourth-order valence-corrected chi connectivity index (χ4v) is 3.00. The molecule has 1 fully saturated rings. The van der Waals surface area contributed by atoms with Crippen LogP contribution in [0.2, 0.25) is 0 Å². The quantitative estimate of drug-likeness (QED) is 0.873. The first kappa shape index (κ1) is 13.1. The number of hydrogen-bond donors (Lipinski definition) is 2. The average molecular weight is 262 g/mol. The third-order valence-electron chi connectivity index (χ3n) is 3.92. The molecule has 0 amide bonds. The lowest BCUT2D eigenvalue weighted by Gasteiger charge is -2.19. The molecule has 3 atom stereocenters. The smallest absolute Gasteiger partial charge is 0.163 e. The minimum absolute atomic E-state index is 0.124. The molecule has 1 aliphatic carbocycles. The Hall–Kier alpha value is -0.940. The first-order chi connectivity index (χ1) is 9.05. The lowest BCUT2D eigenvalue weighted by Crippen LogP contribution is -2.32. The van der Waals surface area contributed by atoms with Crippen molar-refractivity contribution in [1.82, 2.24) is 5.32 Å². The zero-order valence-electron chi connectivity index (χ0n) is 11.6. The Bertz CT molecular complexity index is 461. The molecule has 1 saturated heterocycles. The van der Waals surface area contributed by atoms with Gasteiger partial charge in [-0.2, -0.15) is 0 Å². The van der Waals surface area contributed by atoms with Gasteiger partial charge in [0.15, 0.2) is 5.79 Å². The van der Waals surface area contributed by atoms with Gasteiger partial charge >= 0.3 is 0 Å². The zero-order valence-corrected chi connectivity index (χ0v) is 11.6. The number of rotatable bonds is 3. The first-order valence-electron chi connectivity index (χ1n) is 6.95. The van der Waals surface area contributed by atoms with Gasteiger partial charge in [0.2, 0.25) is 0 Å². The SMILES string of the molecule is CC1(C)OCC(CNC2CC(N)c3ccccc32)O1. The van der Waals surface area contributed by atoms with E-state index in [0.29, 0.717) is 12.6 Å².